The van der Waals surface area contributed by atoms with Gasteiger partial charge in [0.1, 0.15) is 5.82 Å². The lowest BCUT2D eigenvalue weighted by Crippen LogP contribution is -2.30. The minimum absolute atomic E-state index is 0.106. The highest BCUT2D eigenvalue weighted by atomic mass is 19.1. The van der Waals surface area contributed by atoms with Crippen LogP contribution < -0.4 is 10.6 Å². The topological polar surface area (TPSA) is 46.1 Å². The largest absolute Gasteiger partial charge is 0.343 e. The first-order valence-corrected chi connectivity index (χ1v) is 13.2. The molecule has 0 radical (unpaired) electrons. The van der Waals surface area contributed by atoms with Crippen LogP contribution in [0.4, 0.5) is 10.1 Å². The summed E-state index contributed by atoms with van der Waals surface area (Å²) < 4.78 is 16.4. The molecule has 190 valence electrons. The zero-order chi connectivity index (χ0) is 25.8. The third-order valence-corrected chi connectivity index (χ3v) is 7.19. The SMILES string of the molecule is CC(C)c1c(C(=O)Nc2ccccc2)c(-c2ccccc2)c(-c2ccc(F)cc2)n1CC1CCNCC1. The van der Waals surface area contributed by atoms with E-state index in [2.05, 4.69) is 41.2 Å². The van der Waals surface area contributed by atoms with E-state index < -0.39 is 0 Å². The molecule has 5 heteroatoms. The molecule has 1 saturated heterocycles. The van der Waals surface area contributed by atoms with E-state index >= 15 is 0 Å². The molecule has 1 fully saturated rings. The first-order chi connectivity index (χ1) is 18.0. The minimum Gasteiger partial charge on any atom is -0.343 e. The summed E-state index contributed by atoms with van der Waals surface area (Å²) in [6.07, 6.45) is 2.18. The van der Waals surface area contributed by atoms with Crippen LogP contribution in [-0.2, 0) is 6.54 Å². The van der Waals surface area contributed by atoms with Crippen LogP contribution in [0.5, 0.6) is 0 Å². The van der Waals surface area contributed by atoms with Gasteiger partial charge in [0, 0.05) is 23.5 Å². The number of para-hydroxylation sites is 1. The number of anilines is 1. The summed E-state index contributed by atoms with van der Waals surface area (Å²) in [5.41, 5.74) is 6.24. The molecule has 1 aromatic heterocycles. The average molecular weight is 496 g/mol. The Morgan fingerprint density at radius 3 is 2.16 bits per heavy atom. The monoisotopic (exact) mass is 495 g/mol. The quantitative estimate of drug-likeness (QED) is 0.282. The van der Waals surface area contributed by atoms with E-state index in [0.29, 0.717) is 11.5 Å². The average Bonchev–Trinajstić information content (AvgIpc) is 3.26. The number of rotatable bonds is 7. The summed E-state index contributed by atoms with van der Waals surface area (Å²) in [5.74, 6) is 0.211. The number of nitrogens with zero attached hydrogens (tertiary/aromatic N) is 1. The van der Waals surface area contributed by atoms with Gasteiger partial charge in [-0.05, 0) is 85.3 Å². The van der Waals surface area contributed by atoms with Crippen LogP contribution in [0.1, 0.15) is 48.7 Å². The van der Waals surface area contributed by atoms with Crippen LogP contribution in [0.15, 0.2) is 84.9 Å². The molecule has 4 aromatic rings. The summed E-state index contributed by atoms with van der Waals surface area (Å²) in [6.45, 7) is 7.12. The molecule has 0 bridgehead atoms. The fourth-order valence-corrected chi connectivity index (χ4v) is 5.49. The van der Waals surface area contributed by atoms with E-state index in [0.717, 1.165) is 66.2 Å². The highest BCUT2D eigenvalue weighted by Gasteiger charge is 2.31. The van der Waals surface area contributed by atoms with Gasteiger partial charge in [0.15, 0.2) is 0 Å². The second-order valence-electron chi connectivity index (χ2n) is 10.1. The number of hydrogen-bond acceptors (Lipinski definition) is 2. The van der Waals surface area contributed by atoms with Crippen molar-refractivity contribution in [1.82, 2.24) is 9.88 Å². The van der Waals surface area contributed by atoms with Gasteiger partial charge in [-0.3, -0.25) is 4.79 Å². The van der Waals surface area contributed by atoms with Gasteiger partial charge < -0.3 is 15.2 Å². The smallest absolute Gasteiger partial charge is 0.258 e. The number of halogens is 1. The van der Waals surface area contributed by atoms with Gasteiger partial charge >= 0.3 is 0 Å². The zero-order valence-corrected chi connectivity index (χ0v) is 21.5. The van der Waals surface area contributed by atoms with Gasteiger partial charge in [-0.1, -0.05) is 62.4 Å². The van der Waals surface area contributed by atoms with Crippen LogP contribution >= 0.6 is 0 Å². The molecule has 0 aliphatic carbocycles. The molecule has 3 aromatic carbocycles. The van der Waals surface area contributed by atoms with Gasteiger partial charge in [-0.25, -0.2) is 4.39 Å². The Balaban J connectivity index is 1.77. The van der Waals surface area contributed by atoms with Gasteiger partial charge in [0.2, 0.25) is 0 Å². The van der Waals surface area contributed by atoms with Crippen LogP contribution in [0.2, 0.25) is 0 Å². The lowest BCUT2D eigenvalue weighted by atomic mass is 9.94. The van der Waals surface area contributed by atoms with E-state index in [1.165, 1.54) is 12.1 Å². The highest BCUT2D eigenvalue weighted by Crippen LogP contribution is 2.43. The fourth-order valence-electron chi connectivity index (χ4n) is 5.49. The molecule has 0 unspecified atom stereocenters. The van der Waals surface area contributed by atoms with Crippen LogP contribution in [0.25, 0.3) is 22.4 Å². The van der Waals surface area contributed by atoms with E-state index in [1.807, 2.05) is 60.7 Å². The Morgan fingerprint density at radius 1 is 0.919 bits per heavy atom. The molecular formula is C32H34FN3O. The van der Waals surface area contributed by atoms with E-state index in [-0.39, 0.29) is 17.6 Å². The molecular weight excluding hydrogens is 461 g/mol. The molecule has 1 amide bonds. The molecule has 1 aliphatic rings. The first kappa shape index (κ1) is 25.0. The number of carbonyl (C=O) groups excluding carboxylic acids is 1. The van der Waals surface area contributed by atoms with Crippen molar-refractivity contribution in [2.24, 2.45) is 5.92 Å². The second-order valence-corrected chi connectivity index (χ2v) is 10.1. The van der Waals surface area contributed by atoms with Crippen LogP contribution in [0.3, 0.4) is 0 Å². The second kappa shape index (κ2) is 11.1. The van der Waals surface area contributed by atoms with Crippen LogP contribution in [-0.4, -0.2) is 23.6 Å². The third kappa shape index (κ3) is 5.37. The van der Waals surface area contributed by atoms with Crippen molar-refractivity contribution < 1.29 is 9.18 Å². The number of aromatic nitrogens is 1. The number of piperidine rings is 1. The number of nitrogens with one attached hydrogen (secondary N) is 2. The summed E-state index contributed by atoms with van der Waals surface area (Å²) in [7, 11) is 0. The summed E-state index contributed by atoms with van der Waals surface area (Å²) >= 11 is 0. The summed E-state index contributed by atoms with van der Waals surface area (Å²) in [6, 6.07) is 26.4. The van der Waals surface area contributed by atoms with Crippen molar-refractivity contribution >= 4 is 11.6 Å². The maximum atomic E-state index is 14.1. The van der Waals surface area contributed by atoms with E-state index in [4.69, 9.17) is 0 Å². The number of amides is 1. The molecule has 37 heavy (non-hydrogen) atoms. The Labute approximate surface area is 218 Å². The Hall–Kier alpha value is -3.70. The molecule has 4 nitrogen and oxygen atoms in total. The van der Waals surface area contributed by atoms with Crippen molar-refractivity contribution in [2.75, 3.05) is 18.4 Å². The first-order valence-electron chi connectivity index (χ1n) is 13.2. The van der Waals surface area contributed by atoms with Crippen molar-refractivity contribution in [3.8, 4) is 22.4 Å². The highest BCUT2D eigenvalue weighted by molar-refractivity contribution is 6.12. The van der Waals surface area contributed by atoms with Crippen molar-refractivity contribution in [3.63, 3.8) is 0 Å². The standard InChI is InChI=1S/C32H34FN3O/c1-22(2)30-29(32(37)35-27-11-7-4-8-12-27)28(24-9-5-3-6-10-24)31(25-13-15-26(33)16-14-25)36(30)21-23-17-19-34-20-18-23/h3-16,22-23,34H,17-21H2,1-2H3,(H,35,37). The predicted octanol–water partition coefficient (Wildman–Crippen LogP) is 7.34. The van der Waals surface area contributed by atoms with Crippen LogP contribution in [0, 0.1) is 11.7 Å². The third-order valence-electron chi connectivity index (χ3n) is 7.19. The van der Waals surface area contributed by atoms with Crippen molar-refractivity contribution in [1.29, 1.82) is 0 Å². The Kier molecular flexibility index (Phi) is 7.52. The number of benzene rings is 3. The van der Waals surface area contributed by atoms with Gasteiger partial charge in [-0.15, -0.1) is 0 Å². The van der Waals surface area contributed by atoms with Crippen molar-refractivity contribution in [2.45, 2.75) is 39.2 Å². The van der Waals surface area contributed by atoms with Gasteiger partial charge in [0.25, 0.3) is 5.91 Å². The molecule has 0 saturated carbocycles. The van der Waals surface area contributed by atoms with Gasteiger partial charge in [-0.2, -0.15) is 0 Å². The van der Waals surface area contributed by atoms with Gasteiger partial charge in [0.05, 0.1) is 11.3 Å². The maximum absolute atomic E-state index is 14.1. The molecule has 0 spiro atoms. The number of hydrogen-bond donors (Lipinski definition) is 2. The Bertz CT molecular complexity index is 1340. The normalized spacial score (nSPS) is 14.2. The van der Waals surface area contributed by atoms with Crippen molar-refractivity contribution in [3.05, 3.63) is 102 Å². The lowest BCUT2D eigenvalue weighted by molar-refractivity contribution is 0.102. The minimum atomic E-state index is -0.271. The predicted molar refractivity (Wildman–Crippen MR) is 149 cm³/mol. The van der Waals surface area contributed by atoms with E-state index in [9.17, 15) is 9.18 Å². The number of carbonyl (C=O) groups is 1. The zero-order valence-electron chi connectivity index (χ0n) is 21.5. The van der Waals surface area contributed by atoms with E-state index in [1.54, 1.807) is 0 Å². The lowest BCUT2D eigenvalue weighted by Gasteiger charge is -2.26. The molecule has 1 aliphatic heterocycles. The molecule has 5 rings (SSSR count). The molecule has 2 heterocycles. The fraction of sp³-hybridized carbons (Fsp3) is 0.281. The summed E-state index contributed by atoms with van der Waals surface area (Å²) in [4.78, 5) is 14.1. The molecule has 0 atom stereocenters. The Morgan fingerprint density at radius 2 is 1.54 bits per heavy atom. The maximum Gasteiger partial charge on any atom is 0.258 e. The summed E-state index contributed by atoms with van der Waals surface area (Å²) in [5, 5.41) is 6.61. The molecule has 2 N–H and O–H groups in total.